The number of aromatic amines is 1. The number of carbonyl (C=O) groups excluding carboxylic acids is 1. The average Bonchev–Trinajstić information content (AvgIpc) is 3.21. The predicted octanol–water partition coefficient (Wildman–Crippen LogP) is 1.97. The maximum absolute atomic E-state index is 13.6. The molecule has 3 rings (SSSR count). The molecule has 2 N–H and O–H groups in total. The molecule has 0 spiro atoms. The number of allylic oxidation sites excluding steroid dienone is 1. The molecule has 0 aliphatic rings. The zero-order valence-corrected chi connectivity index (χ0v) is 11.8. The number of aliphatic hydroxyl groups is 1. The Kier molecular flexibility index (Phi) is 3.96. The number of aliphatic hydroxyl groups excluding tert-OH is 1. The fourth-order valence-electron chi connectivity index (χ4n) is 2.05. The molecular weight excluding hydrogens is 301 g/mol. The van der Waals surface area contributed by atoms with E-state index in [1.807, 2.05) is 0 Å². The van der Waals surface area contributed by atoms with Crippen LogP contribution in [0.4, 0.5) is 4.39 Å². The van der Waals surface area contributed by atoms with Crippen LogP contribution >= 0.6 is 0 Å². The largest absolute Gasteiger partial charge is 0.504 e. The number of hydrogen-bond acceptors (Lipinski definition) is 5. The lowest BCUT2D eigenvalue weighted by molar-refractivity contribution is 0.104. The number of aromatic nitrogens is 5. The van der Waals surface area contributed by atoms with Gasteiger partial charge in [0.1, 0.15) is 5.82 Å². The number of halogens is 1. The molecule has 0 amide bonds. The van der Waals surface area contributed by atoms with Crippen LogP contribution in [-0.4, -0.2) is 36.1 Å². The van der Waals surface area contributed by atoms with Gasteiger partial charge in [-0.1, -0.05) is 18.2 Å². The quantitative estimate of drug-likeness (QED) is 0.426. The van der Waals surface area contributed by atoms with Crippen molar-refractivity contribution in [1.29, 1.82) is 0 Å². The minimum atomic E-state index is -0.417. The van der Waals surface area contributed by atoms with Gasteiger partial charge in [-0.25, -0.2) is 4.39 Å². The molecule has 0 saturated heterocycles. The molecule has 116 valence electrons. The number of H-pyrrole nitrogens is 1. The van der Waals surface area contributed by atoms with Crippen LogP contribution in [0.3, 0.4) is 0 Å². The van der Waals surface area contributed by atoms with Crippen LogP contribution in [-0.2, 0) is 6.54 Å². The predicted molar refractivity (Wildman–Crippen MR) is 79.0 cm³/mol. The third-order valence-electron chi connectivity index (χ3n) is 3.19. The zero-order valence-electron chi connectivity index (χ0n) is 11.8. The molecule has 0 saturated carbocycles. The lowest BCUT2D eigenvalue weighted by Gasteiger charge is -2.04. The van der Waals surface area contributed by atoms with E-state index < -0.39 is 5.78 Å². The summed E-state index contributed by atoms with van der Waals surface area (Å²) in [5, 5.41) is 22.3. The topological polar surface area (TPSA) is 96.7 Å². The van der Waals surface area contributed by atoms with Gasteiger partial charge in [-0.15, -0.1) is 10.2 Å². The fraction of sp³-hybridized carbons (Fsp3) is 0.0667. The number of nitrogens with one attached hydrogen (secondary N) is 1. The van der Waals surface area contributed by atoms with Crippen molar-refractivity contribution in [2.75, 3.05) is 0 Å². The summed E-state index contributed by atoms with van der Waals surface area (Å²) in [6.07, 6.45) is 4.25. The first-order valence-corrected chi connectivity index (χ1v) is 6.71. The zero-order chi connectivity index (χ0) is 16.2. The van der Waals surface area contributed by atoms with E-state index in [1.165, 1.54) is 6.07 Å². The smallest absolute Gasteiger partial charge is 0.239 e. The summed E-state index contributed by atoms with van der Waals surface area (Å²) >= 11 is 0. The first-order chi connectivity index (χ1) is 11.1. The maximum Gasteiger partial charge on any atom is 0.239 e. The first-order valence-electron chi connectivity index (χ1n) is 6.71. The second-order valence-electron chi connectivity index (χ2n) is 4.79. The minimum absolute atomic E-state index is 0.0656. The number of nitrogens with zero attached hydrogens (tertiary/aromatic N) is 4. The second kappa shape index (κ2) is 6.22. The van der Waals surface area contributed by atoms with Gasteiger partial charge in [0.05, 0.1) is 0 Å². The molecule has 7 nitrogen and oxygen atoms in total. The SMILES string of the molecule is O=C(C=C(O)c1nn[nH]n1)c1ccn(Cc2ccccc2F)c1. The van der Waals surface area contributed by atoms with Crippen molar-refractivity contribution in [3.8, 4) is 0 Å². The van der Waals surface area contributed by atoms with E-state index in [4.69, 9.17) is 0 Å². The van der Waals surface area contributed by atoms with Gasteiger partial charge >= 0.3 is 0 Å². The van der Waals surface area contributed by atoms with Crippen molar-refractivity contribution >= 4 is 11.5 Å². The van der Waals surface area contributed by atoms with Crippen molar-refractivity contribution in [2.24, 2.45) is 0 Å². The van der Waals surface area contributed by atoms with Gasteiger partial charge in [-0.2, -0.15) is 5.21 Å². The van der Waals surface area contributed by atoms with Crippen LogP contribution in [0.5, 0.6) is 0 Å². The third kappa shape index (κ3) is 3.31. The van der Waals surface area contributed by atoms with Gasteiger partial charge < -0.3 is 9.67 Å². The van der Waals surface area contributed by atoms with Gasteiger partial charge in [-0.3, -0.25) is 4.79 Å². The lowest BCUT2D eigenvalue weighted by Crippen LogP contribution is -2.00. The highest BCUT2D eigenvalue weighted by atomic mass is 19.1. The minimum Gasteiger partial charge on any atom is -0.504 e. The Labute approximate surface area is 130 Å². The van der Waals surface area contributed by atoms with E-state index in [-0.39, 0.29) is 17.4 Å². The normalized spacial score (nSPS) is 11.6. The summed E-state index contributed by atoms with van der Waals surface area (Å²) in [6.45, 7) is 0.306. The van der Waals surface area contributed by atoms with Gasteiger partial charge in [0.25, 0.3) is 0 Å². The highest BCUT2D eigenvalue weighted by Crippen LogP contribution is 2.12. The Morgan fingerprint density at radius 2 is 2.17 bits per heavy atom. The van der Waals surface area contributed by atoms with Crippen LogP contribution in [0.15, 0.2) is 48.8 Å². The van der Waals surface area contributed by atoms with Crippen LogP contribution in [0, 0.1) is 5.82 Å². The lowest BCUT2D eigenvalue weighted by atomic mass is 10.2. The van der Waals surface area contributed by atoms with Gasteiger partial charge in [-0.05, 0) is 17.3 Å². The highest BCUT2D eigenvalue weighted by Gasteiger charge is 2.11. The Balaban J connectivity index is 1.75. The molecule has 0 bridgehead atoms. The first kappa shape index (κ1) is 14.6. The summed E-state index contributed by atoms with van der Waals surface area (Å²) in [5.41, 5.74) is 0.878. The molecule has 1 aromatic carbocycles. The molecular formula is C15H12FN5O2. The number of rotatable bonds is 5. The molecule has 0 radical (unpaired) electrons. The Bertz CT molecular complexity index is 854. The van der Waals surface area contributed by atoms with E-state index in [0.717, 1.165) is 6.08 Å². The summed E-state index contributed by atoms with van der Waals surface area (Å²) in [5.74, 6) is -1.17. The molecule has 23 heavy (non-hydrogen) atoms. The number of carbonyl (C=O) groups is 1. The molecule has 2 heterocycles. The maximum atomic E-state index is 13.6. The third-order valence-corrected chi connectivity index (χ3v) is 3.19. The van der Waals surface area contributed by atoms with Crippen molar-refractivity contribution < 1.29 is 14.3 Å². The number of benzene rings is 1. The summed E-state index contributed by atoms with van der Waals surface area (Å²) < 4.78 is 15.3. The molecule has 3 aromatic rings. The van der Waals surface area contributed by atoms with Crippen LogP contribution in [0.2, 0.25) is 0 Å². The summed E-state index contributed by atoms with van der Waals surface area (Å²) in [6, 6.07) is 8.02. The van der Waals surface area contributed by atoms with Crippen molar-refractivity contribution in [3.05, 3.63) is 71.6 Å². The van der Waals surface area contributed by atoms with E-state index >= 15 is 0 Å². The Morgan fingerprint density at radius 1 is 1.35 bits per heavy atom. The molecule has 0 aliphatic heterocycles. The Hall–Kier alpha value is -3.29. The number of ketones is 1. The molecule has 8 heteroatoms. The standard InChI is InChI=1S/C15H12FN5O2/c16-12-4-2-1-3-10(12)8-21-6-5-11(9-21)13(22)7-14(23)15-17-19-20-18-15/h1-7,9,23H,8H2,(H,17,18,19,20). The van der Waals surface area contributed by atoms with Gasteiger partial charge in [0, 0.05) is 36.1 Å². The summed E-state index contributed by atoms with van der Waals surface area (Å²) in [4.78, 5) is 12.1. The van der Waals surface area contributed by atoms with E-state index in [0.29, 0.717) is 17.7 Å². The van der Waals surface area contributed by atoms with Gasteiger partial charge in [0.2, 0.25) is 5.82 Å². The van der Waals surface area contributed by atoms with E-state index in [1.54, 1.807) is 41.2 Å². The van der Waals surface area contributed by atoms with Crippen LogP contribution < -0.4 is 0 Å². The van der Waals surface area contributed by atoms with Crippen LogP contribution in [0.25, 0.3) is 5.76 Å². The van der Waals surface area contributed by atoms with Crippen molar-refractivity contribution in [2.45, 2.75) is 6.54 Å². The molecule has 0 aliphatic carbocycles. The highest BCUT2D eigenvalue weighted by molar-refractivity contribution is 6.07. The molecule has 0 atom stereocenters. The monoisotopic (exact) mass is 313 g/mol. The number of tetrazole rings is 1. The molecule has 0 unspecified atom stereocenters. The van der Waals surface area contributed by atoms with Gasteiger partial charge in [0.15, 0.2) is 11.5 Å². The Morgan fingerprint density at radius 3 is 2.91 bits per heavy atom. The average molecular weight is 313 g/mol. The number of hydrogen-bond donors (Lipinski definition) is 2. The summed E-state index contributed by atoms with van der Waals surface area (Å²) in [7, 11) is 0. The van der Waals surface area contributed by atoms with Crippen molar-refractivity contribution in [3.63, 3.8) is 0 Å². The van der Waals surface area contributed by atoms with Crippen molar-refractivity contribution in [1.82, 2.24) is 25.2 Å². The molecule has 0 fully saturated rings. The fourth-order valence-corrected chi connectivity index (χ4v) is 2.05. The van der Waals surface area contributed by atoms with E-state index in [9.17, 15) is 14.3 Å². The van der Waals surface area contributed by atoms with E-state index in [2.05, 4.69) is 20.6 Å². The second-order valence-corrected chi connectivity index (χ2v) is 4.79. The van der Waals surface area contributed by atoms with Crippen LogP contribution in [0.1, 0.15) is 21.7 Å². The molecule has 2 aromatic heterocycles.